The van der Waals surface area contributed by atoms with Crippen molar-refractivity contribution in [3.63, 3.8) is 0 Å². The van der Waals surface area contributed by atoms with Crippen LogP contribution in [-0.2, 0) is 4.74 Å². The number of hydrogen-bond donors (Lipinski definition) is 2. The highest BCUT2D eigenvalue weighted by atomic mass is 16.5. The molecule has 0 saturated carbocycles. The molecule has 0 aromatic carbocycles. The van der Waals surface area contributed by atoms with Crippen molar-refractivity contribution in [1.82, 2.24) is 5.32 Å². The first-order chi connectivity index (χ1) is 7.82. The summed E-state index contributed by atoms with van der Waals surface area (Å²) in [5.41, 5.74) is 0. The van der Waals surface area contributed by atoms with Crippen LogP contribution >= 0.6 is 0 Å². The lowest BCUT2D eigenvalue weighted by molar-refractivity contribution is -0.00949. The van der Waals surface area contributed by atoms with E-state index in [1.807, 2.05) is 0 Å². The Morgan fingerprint density at radius 2 is 1.65 bits per heavy atom. The molecule has 3 unspecified atom stereocenters. The minimum Gasteiger partial charge on any atom is -0.389 e. The van der Waals surface area contributed by atoms with Crippen LogP contribution in [0, 0.1) is 11.8 Å². The summed E-state index contributed by atoms with van der Waals surface area (Å²) < 4.78 is 5.62. The monoisotopic (exact) mass is 245 g/mol. The van der Waals surface area contributed by atoms with E-state index in [0.717, 1.165) is 6.42 Å². The van der Waals surface area contributed by atoms with Crippen molar-refractivity contribution in [3.8, 4) is 0 Å². The van der Waals surface area contributed by atoms with Gasteiger partial charge in [0.25, 0.3) is 0 Å². The first-order valence-electron chi connectivity index (χ1n) is 6.86. The van der Waals surface area contributed by atoms with Crippen LogP contribution in [0.15, 0.2) is 0 Å². The predicted molar refractivity (Wildman–Crippen MR) is 73.2 cm³/mol. The number of ether oxygens (including phenoxy) is 1. The first kappa shape index (κ1) is 16.9. The van der Waals surface area contributed by atoms with Gasteiger partial charge in [-0.05, 0) is 32.1 Å². The van der Waals surface area contributed by atoms with Crippen LogP contribution in [0.25, 0.3) is 0 Å². The largest absolute Gasteiger partial charge is 0.389 e. The summed E-state index contributed by atoms with van der Waals surface area (Å²) in [4.78, 5) is 0. The summed E-state index contributed by atoms with van der Waals surface area (Å²) in [6, 6.07) is 0.428. The molecule has 0 aliphatic heterocycles. The molecule has 0 spiro atoms. The maximum atomic E-state index is 9.78. The van der Waals surface area contributed by atoms with Crippen LogP contribution in [0.2, 0.25) is 0 Å². The number of nitrogens with one attached hydrogen (secondary N) is 1. The highest BCUT2D eigenvalue weighted by Crippen LogP contribution is 2.07. The normalized spacial score (nSPS) is 17.5. The summed E-state index contributed by atoms with van der Waals surface area (Å²) in [5, 5.41) is 13.1. The predicted octanol–water partition coefficient (Wildman–Crippen LogP) is 2.43. The van der Waals surface area contributed by atoms with E-state index in [0.29, 0.717) is 31.0 Å². The molecule has 17 heavy (non-hydrogen) atoms. The van der Waals surface area contributed by atoms with E-state index >= 15 is 0 Å². The molecule has 0 fully saturated rings. The van der Waals surface area contributed by atoms with Crippen LogP contribution in [0.1, 0.15) is 48.0 Å². The van der Waals surface area contributed by atoms with E-state index in [9.17, 15) is 5.11 Å². The van der Waals surface area contributed by atoms with Gasteiger partial charge in [0.15, 0.2) is 0 Å². The Balaban J connectivity index is 3.62. The van der Waals surface area contributed by atoms with Gasteiger partial charge in [0, 0.05) is 12.6 Å². The van der Waals surface area contributed by atoms with Gasteiger partial charge >= 0.3 is 0 Å². The van der Waals surface area contributed by atoms with Gasteiger partial charge in [0.1, 0.15) is 0 Å². The fourth-order valence-corrected chi connectivity index (χ4v) is 1.62. The lowest BCUT2D eigenvalue weighted by Crippen LogP contribution is -2.38. The van der Waals surface area contributed by atoms with E-state index in [4.69, 9.17) is 4.74 Å². The van der Waals surface area contributed by atoms with E-state index in [2.05, 4.69) is 46.9 Å². The molecule has 104 valence electrons. The van der Waals surface area contributed by atoms with E-state index in [1.54, 1.807) is 0 Å². The van der Waals surface area contributed by atoms with Gasteiger partial charge in [-0.15, -0.1) is 0 Å². The second-order valence-corrected chi connectivity index (χ2v) is 5.87. The third-order valence-electron chi connectivity index (χ3n) is 3.05. The average Bonchev–Trinajstić information content (AvgIpc) is 2.21. The maximum Gasteiger partial charge on any atom is 0.0897 e. The van der Waals surface area contributed by atoms with Crippen LogP contribution in [0.4, 0.5) is 0 Å². The summed E-state index contributed by atoms with van der Waals surface area (Å²) in [5.74, 6) is 1.23. The fraction of sp³-hybridized carbons (Fsp3) is 1.00. The molecule has 3 atom stereocenters. The molecular formula is C14H31NO2. The van der Waals surface area contributed by atoms with Crippen molar-refractivity contribution >= 4 is 0 Å². The van der Waals surface area contributed by atoms with E-state index in [1.165, 1.54) is 0 Å². The van der Waals surface area contributed by atoms with Crippen molar-refractivity contribution in [1.29, 1.82) is 0 Å². The molecule has 0 aromatic heterocycles. The SMILES string of the molecule is CC(C)CC(C)OCC(O)CNC(C)C(C)C. The molecule has 0 bridgehead atoms. The summed E-state index contributed by atoms with van der Waals surface area (Å²) >= 11 is 0. The van der Waals surface area contributed by atoms with Crippen LogP contribution in [-0.4, -0.2) is 36.5 Å². The van der Waals surface area contributed by atoms with Crippen molar-refractivity contribution in [2.75, 3.05) is 13.2 Å². The molecule has 0 radical (unpaired) electrons. The number of aliphatic hydroxyl groups is 1. The maximum absolute atomic E-state index is 9.78. The Kier molecular flexibility index (Phi) is 8.83. The van der Waals surface area contributed by atoms with Crippen molar-refractivity contribution in [2.45, 2.75) is 66.2 Å². The highest BCUT2D eigenvalue weighted by Gasteiger charge is 2.12. The molecule has 2 N–H and O–H groups in total. The van der Waals surface area contributed by atoms with Crippen molar-refractivity contribution in [3.05, 3.63) is 0 Å². The minimum absolute atomic E-state index is 0.229. The molecule has 0 aromatic rings. The minimum atomic E-state index is -0.411. The quantitative estimate of drug-likeness (QED) is 0.655. The van der Waals surface area contributed by atoms with Gasteiger partial charge in [-0.2, -0.15) is 0 Å². The molecule has 3 heteroatoms. The second-order valence-electron chi connectivity index (χ2n) is 5.87. The third-order valence-corrected chi connectivity index (χ3v) is 3.05. The zero-order valence-electron chi connectivity index (χ0n) is 12.4. The Labute approximate surface area is 107 Å². The van der Waals surface area contributed by atoms with Gasteiger partial charge in [0.2, 0.25) is 0 Å². The number of aliphatic hydroxyl groups excluding tert-OH is 1. The Morgan fingerprint density at radius 1 is 1.06 bits per heavy atom. The van der Waals surface area contributed by atoms with Gasteiger partial charge in [-0.1, -0.05) is 27.7 Å². The van der Waals surface area contributed by atoms with Gasteiger partial charge < -0.3 is 15.2 Å². The summed E-state index contributed by atoms with van der Waals surface area (Å²) in [6.45, 7) is 13.9. The molecular weight excluding hydrogens is 214 g/mol. The molecule has 0 rings (SSSR count). The topological polar surface area (TPSA) is 41.5 Å². The van der Waals surface area contributed by atoms with E-state index < -0.39 is 6.10 Å². The van der Waals surface area contributed by atoms with Crippen LogP contribution in [0.5, 0.6) is 0 Å². The highest BCUT2D eigenvalue weighted by molar-refractivity contribution is 4.68. The van der Waals surface area contributed by atoms with Gasteiger partial charge in [-0.25, -0.2) is 0 Å². The fourth-order valence-electron chi connectivity index (χ4n) is 1.62. The van der Waals surface area contributed by atoms with Gasteiger partial charge in [-0.3, -0.25) is 0 Å². The third kappa shape index (κ3) is 9.57. The lowest BCUT2D eigenvalue weighted by Gasteiger charge is -2.21. The number of hydrogen-bond acceptors (Lipinski definition) is 3. The Morgan fingerprint density at radius 3 is 2.12 bits per heavy atom. The molecule has 0 amide bonds. The van der Waals surface area contributed by atoms with Crippen molar-refractivity contribution in [2.24, 2.45) is 11.8 Å². The Hall–Kier alpha value is -0.120. The smallest absolute Gasteiger partial charge is 0.0897 e. The zero-order chi connectivity index (χ0) is 13.4. The molecule has 0 aliphatic carbocycles. The van der Waals surface area contributed by atoms with Crippen LogP contribution in [0.3, 0.4) is 0 Å². The number of rotatable bonds is 9. The second kappa shape index (κ2) is 8.90. The molecule has 0 saturated heterocycles. The zero-order valence-corrected chi connectivity index (χ0v) is 12.4. The van der Waals surface area contributed by atoms with Crippen LogP contribution < -0.4 is 5.32 Å². The standard InChI is InChI=1S/C14H31NO2/c1-10(2)7-12(5)17-9-14(16)8-15-13(6)11(3)4/h10-16H,7-9H2,1-6H3. The Bertz CT molecular complexity index is 183. The molecule has 3 nitrogen and oxygen atoms in total. The van der Waals surface area contributed by atoms with Gasteiger partial charge in [0.05, 0.1) is 18.8 Å². The van der Waals surface area contributed by atoms with Crippen molar-refractivity contribution < 1.29 is 9.84 Å². The molecule has 0 heterocycles. The first-order valence-corrected chi connectivity index (χ1v) is 6.86. The average molecular weight is 245 g/mol. The summed E-state index contributed by atoms with van der Waals surface area (Å²) in [7, 11) is 0. The summed E-state index contributed by atoms with van der Waals surface area (Å²) in [6.07, 6.45) is 0.862. The van der Waals surface area contributed by atoms with E-state index in [-0.39, 0.29) is 6.10 Å². The molecule has 0 aliphatic rings. The lowest BCUT2D eigenvalue weighted by atomic mass is 10.1.